The molecule has 0 aliphatic rings. The summed E-state index contributed by atoms with van der Waals surface area (Å²) in [6.07, 6.45) is 3.25. The first-order valence-corrected chi connectivity index (χ1v) is 6.37. The minimum Gasteiger partial charge on any atom is -0.394 e. The third-order valence-electron chi connectivity index (χ3n) is 3.04. The molecule has 0 saturated carbocycles. The van der Waals surface area contributed by atoms with Crippen LogP contribution in [0.2, 0.25) is 0 Å². The van der Waals surface area contributed by atoms with Crippen LogP contribution in [0.5, 0.6) is 0 Å². The van der Waals surface area contributed by atoms with Gasteiger partial charge in [-0.3, -0.25) is 4.98 Å². The van der Waals surface area contributed by atoms with Crippen LogP contribution in [0.15, 0.2) is 54.9 Å². The van der Waals surface area contributed by atoms with Gasteiger partial charge in [0, 0.05) is 12.4 Å². The van der Waals surface area contributed by atoms with Gasteiger partial charge >= 0.3 is 0 Å². The molecule has 1 aromatic carbocycles. The van der Waals surface area contributed by atoms with Gasteiger partial charge in [-0.1, -0.05) is 30.3 Å². The fraction of sp³-hybridized carbons (Fsp3) is 0.133. The van der Waals surface area contributed by atoms with E-state index in [1.54, 1.807) is 12.4 Å². The van der Waals surface area contributed by atoms with Crippen molar-refractivity contribution in [1.29, 1.82) is 0 Å². The van der Waals surface area contributed by atoms with Crippen LogP contribution in [0.4, 0.5) is 5.82 Å². The Hall–Kier alpha value is -2.53. The van der Waals surface area contributed by atoms with Gasteiger partial charge in [-0.2, -0.15) is 0 Å². The Balaban J connectivity index is 1.87. The molecule has 3 rings (SSSR count). The standard InChI is InChI=1S/C15H14N4O/c20-10-13(11-4-2-1-3-5-11)18-14-7-6-12-15(19-14)17-9-8-16-12/h1-9,13,20H,10H2,(H,17,18,19). The fourth-order valence-corrected chi connectivity index (χ4v) is 2.03. The summed E-state index contributed by atoms with van der Waals surface area (Å²) in [6, 6.07) is 13.3. The van der Waals surface area contributed by atoms with Gasteiger partial charge in [0.05, 0.1) is 12.6 Å². The number of aromatic nitrogens is 3. The van der Waals surface area contributed by atoms with Crippen LogP contribution in [0.25, 0.3) is 11.2 Å². The quantitative estimate of drug-likeness (QED) is 0.757. The van der Waals surface area contributed by atoms with Crippen molar-refractivity contribution in [2.24, 2.45) is 0 Å². The van der Waals surface area contributed by atoms with Crippen LogP contribution in [-0.4, -0.2) is 26.7 Å². The third kappa shape index (κ3) is 2.57. The van der Waals surface area contributed by atoms with Gasteiger partial charge in [-0.25, -0.2) is 9.97 Å². The molecule has 2 aromatic heterocycles. The predicted octanol–water partition coefficient (Wildman–Crippen LogP) is 2.17. The molecule has 0 radical (unpaired) electrons. The highest BCUT2D eigenvalue weighted by Gasteiger charge is 2.10. The average molecular weight is 266 g/mol. The normalized spacial score (nSPS) is 12.2. The number of anilines is 1. The number of aliphatic hydroxyl groups is 1. The van der Waals surface area contributed by atoms with E-state index in [-0.39, 0.29) is 12.6 Å². The smallest absolute Gasteiger partial charge is 0.180 e. The van der Waals surface area contributed by atoms with Gasteiger partial charge in [0.1, 0.15) is 11.3 Å². The molecule has 1 atom stereocenters. The number of nitrogens with one attached hydrogen (secondary N) is 1. The van der Waals surface area contributed by atoms with Crippen molar-refractivity contribution in [3.8, 4) is 0 Å². The average Bonchev–Trinajstić information content (AvgIpc) is 2.53. The van der Waals surface area contributed by atoms with E-state index in [4.69, 9.17) is 0 Å². The minimum atomic E-state index is -0.196. The van der Waals surface area contributed by atoms with Crippen LogP contribution < -0.4 is 5.32 Å². The van der Waals surface area contributed by atoms with Crippen LogP contribution in [0.1, 0.15) is 11.6 Å². The summed E-state index contributed by atoms with van der Waals surface area (Å²) in [5, 5.41) is 12.7. The van der Waals surface area contributed by atoms with E-state index >= 15 is 0 Å². The number of benzene rings is 1. The van der Waals surface area contributed by atoms with Gasteiger partial charge in [0.25, 0.3) is 0 Å². The van der Waals surface area contributed by atoms with Crippen LogP contribution in [0.3, 0.4) is 0 Å². The largest absolute Gasteiger partial charge is 0.394 e. The van der Waals surface area contributed by atoms with E-state index in [0.717, 1.165) is 11.1 Å². The lowest BCUT2D eigenvalue weighted by molar-refractivity contribution is 0.276. The Morgan fingerprint density at radius 1 is 1.00 bits per heavy atom. The molecule has 0 bridgehead atoms. The lowest BCUT2D eigenvalue weighted by atomic mass is 10.1. The zero-order valence-electron chi connectivity index (χ0n) is 10.8. The van der Waals surface area contributed by atoms with E-state index in [2.05, 4.69) is 20.3 Å². The van der Waals surface area contributed by atoms with Gasteiger partial charge < -0.3 is 10.4 Å². The summed E-state index contributed by atoms with van der Waals surface area (Å²) in [4.78, 5) is 12.7. The van der Waals surface area contributed by atoms with E-state index in [1.807, 2.05) is 42.5 Å². The highest BCUT2D eigenvalue weighted by molar-refractivity contribution is 5.71. The molecule has 0 spiro atoms. The summed E-state index contributed by atoms with van der Waals surface area (Å²) in [7, 11) is 0. The number of rotatable bonds is 4. The predicted molar refractivity (Wildman–Crippen MR) is 77.2 cm³/mol. The highest BCUT2D eigenvalue weighted by Crippen LogP contribution is 2.19. The number of pyridine rings is 1. The van der Waals surface area contributed by atoms with Crippen molar-refractivity contribution in [2.45, 2.75) is 6.04 Å². The molecule has 2 N–H and O–H groups in total. The Morgan fingerprint density at radius 2 is 1.80 bits per heavy atom. The molecule has 5 nitrogen and oxygen atoms in total. The number of fused-ring (bicyclic) bond motifs is 1. The minimum absolute atomic E-state index is 0.00972. The molecular weight excluding hydrogens is 252 g/mol. The molecule has 100 valence electrons. The molecule has 5 heteroatoms. The van der Waals surface area contributed by atoms with Crippen molar-refractivity contribution in [2.75, 3.05) is 11.9 Å². The first-order valence-electron chi connectivity index (χ1n) is 6.37. The first kappa shape index (κ1) is 12.5. The maximum Gasteiger partial charge on any atom is 0.180 e. The molecule has 0 amide bonds. The van der Waals surface area contributed by atoms with Gasteiger partial charge in [0.2, 0.25) is 0 Å². The van der Waals surface area contributed by atoms with Crippen molar-refractivity contribution >= 4 is 17.0 Å². The van der Waals surface area contributed by atoms with Crippen molar-refractivity contribution < 1.29 is 5.11 Å². The molecule has 0 aliphatic heterocycles. The van der Waals surface area contributed by atoms with E-state index in [0.29, 0.717) is 11.5 Å². The molecule has 0 saturated heterocycles. The number of nitrogens with zero attached hydrogens (tertiary/aromatic N) is 3. The summed E-state index contributed by atoms with van der Waals surface area (Å²) in [5.74, 6) is 0.668. The van der Waals surface area contributed by atoms with Gasteiger partial charge in [-0.15, -0.1) is 0 Å². The SMILES string of the molecule is OCC(Nc1ccc2nccnc2n1)c1ccccc1. The third-order valence-corrected chi connectivity index (χ3v) is 3.04. The van der Waals surface area contributed by atoms with Gasteiger partial charge in [0.15, 0.2) is 5.65 Å². The topological polar surface area (TPSA) is 70.9 Å². The monoisotopic (exact) mass is 266 g/mol. The number of aliphatic hydroxyl groups excluding tert-OH is 1. The lowest BCUT2D eigenvalue weighted by Crippen LogP contribution is -2.15. The second-order valence-electron chi connectivity index (χ2n) is 4.39. The van der Waals surface area contributed by atoms with Crippen LogP contribution in [0, 0.1) is 0 Å². The molecular formula is C15H14N4O. The first-order chi connectivity index (χ1) is 9.86. The van der Waals surface area contributed by atoms with Crippen molar-refractivity contribution in [1.82, 2.24) is 15.0 Å². The van der Waals surface area contributed by atoms with E-state index in [9.17, 15) is 5.11 Å². The molecule has 2 heterocycles. The number of hydrogen-bond acceptors (Lipinski definition) is 5. The second-order valence-corrected chi connectivity index (χ2v) is 4.39. The van der Waals surface area contributed by atoms with Crippen molar-refractivity contribution in [3.05, 3.63) is 60.4 Å². The molecule has 3 aromatic rings. The zero-order valence-corrected chi connectivity index (χ0v) is 10.8. The van der Waals surface area contributed by atoms with Crippen LogP contribution >= 0.6 is 0 Å². The summed E-state index contributed by atoms with van der Waals surface area (Å²) in [5.41, 5.74) is 2.34. The zero-order chi connectivity index (χ0) is 13.8. The van der Waals surface area contributed by atoms with Crippen molar-refractivity contribution in [3.63, 3.8) is 0 Å². The summed E-state index contributed by atoms with van der Waals surface area (Å²) in [6.45, 7) is -0.00972. The number of hydrogen-bond donors (Lipinski definition) is 2. The maximum atomic E-state index is 9.54. The highest BCUT2D eigenvalue weighted by atomic mass is 16.3. The van der Waals surface area contributed by atoms with Gasteiger partial charge in [-0.05, 0) is 17.7 Å². The Kier molecular flexibility index (Phi) is 3.52. The van der Waals surface area contributed by atoms with E-state index < -0.39 is 0 Å². The molecule has 0 fully saturated rings. The summed E-state index contributed by atoms with van der Waals surface area (Å²) >= 11 is 0. The maximum absolute atomic E-state index is 9.54. The molecule has 1 unspecified atom stereocenters. The second kappa shape index (κ2) is 5.63. The van der Waals surface area contributed by atoms with Crippen LogP contribution in [-0.2, 0) is 0 Å². The van der Waals surface area contributed by atoms with E-state index in [1.165, 1.54) is 0 Å². The summed E-state index contributed by atoms with van der Waals surface area (Å²) < 4.78 is 0. The lowest BCUT2D eigenvalue weighted by Gasteiger charge is -2.17. The molecule has 0 aliphatic carbocycles. The Labute approximate surface area is 116 Å². The Bertz CT molecular complexity index is 702. The fourth-order valence-electron chi connectivity index (χ4n) is 2.03. The molecule has 20 heavy (non-hydrogen) atoms. The Morgan fingerprint density at radius 3 is 2.60 bits per heavy atom.